The molecule has 0 saturated heterocycles. The van der Waals surface area contributed by atoms with Gasteiger partial charge in [0, 0.05) is 30.0 Å². The van der Waals surface area contributed by atoms with Crippen LogP contribution < -0.4 is 15.0 Å². The number of rotatable bonds is 11. The molecule has 0 fully saturated rings. The second-order valence-corrected chi connectivity index (χ2v) is 7.86. The number of carboxylic acids is 1. The van der Waals surface area contributed by atoms with E-state index in [1.54, 1.807) is 24.3 Å². The van der Waals surface area contributed by atoms with Crippen molar-refractivity contribution in [2.45, 2.75) is 12.5 Å². The number of aliphatic hydroxyl groups is 1. The van der Waals surface area contributed by atoms with Crippen molar-refractivity contribution < 1.29 is 19.7 Å². The predicted molar refractivity (Wildman–Crippen MR) is 127 cm³/mol. The number of anilines is 2. The summed E-state index contributed by atoms with van der Waals surface area (Å²) in [4.78, 5) is 12.6. The zero-order chi connectivity index (χ0) is 22.9. The number of carboxylic acid groups (broad SMARTS) is 1. The van der Waals surface area contributed by atoms with Crippen LogP contribution in [0.25, 0.3) is 0 Å². The first kappa shape index (κ1) is 23.6. The summed E-state index contributed by atoms with van der Waals surface area (Å²) >= 11 is 5.97. The number of hydrogen-bond donors (Lipinski definition) is 3. The van der Waals surface area contributed by atoms with Crippen LogP contribution in [0.2, 0.25) is 5.02 Å². The van der Waals surface area contributed by atoms with Gasteiger partial charge in [0.1, 0.15) is 5.75 Å². The Morgan fingerprint density at radius 3 is 2.34 bits per heavy atom. The number of aliphatic hydroxyl groups excluding tert-OH is 1. The minimum absolute atomic E-state index is 0.356. The van der Waals surface area contributed by atoms with E-state index in [2.05, 4.69) is 29.6 Å². The van der Waals surface area contributed by atoms with Crippen LogP contribution >= 0.6 is 11.6 Å². The van der Waals surface area contributed by atoms with Crippen molar-refractivity contribution >= 4 is 28.9 Å². The summed E-state index contributed by atoms with van der Waals surface area (Å²) in [6.07, 6.45) is 0.257. The van der Waals surface area contributed by atoms with Crippen LogP contribution in [0.3, 0.4) is 0 Å². The SMILES string of the molecule is CN(c1ccc(CCNCC(O)c2cccc(Cl)c2)cc1)c1ccc(OCC(=O)O)cc1. The lowest BCUT2D eigenvalue weighted by atomic mass is 10.1. The van der Waals surface area contributed by atoms with E-state index in [0.717, 1.165) is 29.9 Å². The van der Waals surface area contributed by atoms with Gasteiger partial charge in [0.05, 0.1) is 6.10 Å². The third-order valence-electron chi connectivity index (χ3n) is 5.07. The summed E-state index contributed by atoms with van der Waals surface area (Å²) in [7, 11) is 1.97. The number of carbonyl (C=O) groups is 1. The van der Waals surface area contributed by atoms with Gasteiger partial charge in [-0.25, -0.2) is 4.79 Å². The summed E-state index contributed by atoms with van der Waals surface area (Å²) in [6.45, 7) is 0.864. The number of nitrogens with one attached hydrogen (secondary N) is 1. The molecule has 7 heteroatoms. The molecule has 3 aromatic carbocycles. The number of aliphatic carboxylic acids is 1. The first-order chi connectivity index (χ1) is 15.4. The second kappa shape index (κ2) is 11.5. The Morgan fingerprint density at radius 1 is 1.06 bits per heavy atom. The van der Waals surface area contributed by atoms with Gasteiger partial charge in [0.2, 0.25) is 0 Å². The maximum atomic E-state index is 10.6. The molecule has 0 aliphatic rings. The van der Waals surface area contributed by atoms with Gasteiger partial charge in [-0.1, -0.05) is 35.9 Å². The Kier molecular flexibility index (Phi) is 8.50. The highest BCUT2D eigenvalue weighted by atomic mass is 35.5. The first-order valence-corrected chi connectivity index (χ1v) is 10.7. The van der Waals surface area contributed by atoms with Crippen molar-refractivity contribution in [1.29, 1.82) is 0 Å². The highest BCUT2D eigenvalue weighted by Gasteiger charge is 2.08. The molecule has 0 bridgehead atoms. The summed E-state index contributed by atoms with van der Waals surface area (Å²) in [6, 6.07) is 22.9. The molecular weight excluding hydrogens is 428 g/mol. The molecule has 0 aliphatic carbocycles. The second-order valence-electron chi connectivity index (χ2n) is 7.43. The molecule has 3 rings (SSSR count). The maximum Gasteiger partial charge on any atom is 0.341 e. The van der Waals surface area contributed by atoms with Crippen molar-refractivity contribution in [3.05, 3.63) is 88.9 Å². The van der Waals surface area contributed by atoms with Crippen LogP contribution in [0.15, 0.2) is 72.8 Å². The van der Waals surface area contributed by atoms with Crippen molar-refractivity contribution in [1.82, 2.24) is 5.32 Å². The standard InChI is InChI=1S/C25H27ClN2O4/c1-28(22-9-11-23(12-10-22)32-17-25(30)31)21-7-5-18(6-8-21)13-14-27-16-24(29)19-3-2-4-20(26)15-19/h2-12,15,24,27,29H,13-14,16-17H2,1H3,(H,30,31). The first-order valence-electron chi connectivity index (χ1n) is 10.3. The number of ether oxygens (including phenoxy) is 1. The Labute approximate surface area is 193 Å². The molecule has 6 nitrogen and oxygen atoms in total. The molecule has 0 aliphatic heterocycles. The van der Waals surface area contributed by atoms with Gasteiger partial charge < -0.3 is 25.2 Å². The van der Waals surface area contributed by atoms with Crippen molar-refractivity contribution in [3.8, 4) is 5.75 Å². The average molecular weight is 455 g/mol. The molecule has 0 saturated carbocycles. The van der Waals surface area contributed by atoms with Crippen LogP contribution in [0.5, 0.6) is 5.75 Å². The Hall–Kier alpha value is -3.06. The van der Waals surface area contributed by atoms with E-state index in [0.29, 0.717) is 17.3 Å². The summed E-state index contributed by atoms with van der Waals surface area (Å²) in [5.74, 6) is -0.480. The van der Waals surface area contributed by atoms with Crippen molar-refractivity contribution in [2.75, 3.05) is 31.6 Å². The Bertz CT molecular complexity index is 1010. The third kappa shape index (κ3) is 6.99. The lowest BCUT2D eigenvalue weighted by molar-refractivity contribution is -0.139. The third-order valence-corrected chi connectivity index (χ3v) is 5.31. The summed E-state index contributed by atoms with van der Waals surface area (Å²) in [5.41, 5.74) is 4.01. The van der Waals surface area contributed by atoms with Crippen LogP contribution in [-0.2, 0) is 11.2 Å². The van der Waals surface area contributed by atoms with Crippen LogP contribution in [0.4, 0.5) is 11.4 Å². The Morgan fingerprint density at radius 2 is 1.72 bits per heavy atom. The molecule has 1 atom stereocenters. The fourth-order valence-electron chi connectivity index (χ4n) is 3.25. The van der Waals surface area contributed by atoms with Crippen molar-refractivity contribution in [2.24, 2.45) is 0 Å². The van der Waals surface area contributed by atoms with Gasteiger partial charge in [-0.3, -0.25) is 0 Å². The minimum atomic E-state index is -1.00. The van der Waals surface area contributed by atoms with Gasteiger partial charge >= 0.3 is 5.97 Å². The molecular formula is C25H27ClN2O4. The molecule has 0 spiro atoms. The number of halogens is 1. The summed E-state index contributed by atoms with van der Waals surface area (Å²) in [5, 5.41) is 22.8. The summed E-state index contributed by atoms with van der Waals surface area (Å²) < 4.78 is 5.17. The maximum absolute atomic E-state index is 10.6. The van der Waals surface area contributed by atoms with Crippen LogP contribution in [-0.4, -0.2) is 42.9 Å². The van der Waals surface area contributed by atoms with Gasteiger partial charge in [-0.05, 0) is 72.6 Å². The van der Waals surface area contributed by atoms with E-state index in [9.17, 15) is 9.90 Å². The highest BCUT2D eigenvalue weighted by Crippen LogP contribution is 2.26. The van der Waals surface area contributed by atoms with E-state index in [4.69, 9.17) is 21.4 Å². The van der Waals surface area contributed by atoms with Gasteiger partial charge in [0.15, 0.2) is 6.61 Å². The minimum Gasteiger partial charge on any atom is -0.482 e. The van der Waals surface area contributed by atoms with Gasteiger partial charge in [-0.15, -0.1) is 0 Å². The molecule has 0 radical (unpaired) electrons. The number of nitrogens with zero attached hydrogens (tertiary/aromatic N) is 1. The van der Waals surface area contributed by atoms with Crippen LogP contribution in [0.1, 0.15) is 17.2 Å². The van der Waals surface area contributed by atoms with Crippen LogP contribution in [0, 0.1) is 0 Å². The molecule has 168 valence electrons. The van der Waals surface area contributed by atoms with E-state index >= 15 is 0 Å². The van der Waals surface area contributed by atoms with E-state index < -0.39 is 12.1 Å². The smallest absolute Gasteiger partial charge is 0.341 e. The molecule has 0 amide bonds. The van der Waals surface area contributed by atoms with Gasteiger partial charge in [0.25, 0.3) is 0 Å². The monoisotopic (exact) mass is 454 g/mol. The Balaban J connectivity index is 1.46. The zero-order valence-electron chi connectivity index (χ0n) is 17.9. The molecule has 0 heterocycles. The molecule has 0 aromatic heterocycles. The fourth-order valence-corrected chi connectivity index (χ4v) is 3.45. The molecule has 3 N–H and O–H groups in total. The fraction of sp³-hybridized carbons (Fsp3) is 0.240. The molecule has 1 unspecified atom stereocenters. The quantitative estimate of drug-likeness (QED) is 0.372. The molecule has 32 heavy (non-hydrogen) atoms. The van der Waals surface area contributed by atoms with E-state index in [-0.39, 0.29) is 6.61 Å². The average Bonchev–Trinajstić information content (AvgIpc) is 2.80. The lowest BCUT2D eigenvalue weighted by Gasteiger charge is -2.20. The number of hydrogen-bond acceptors (Lipinski definition) is 5. The zero-order valence-corrected chi connectivity index (χ0v) is 18.6. The van der Waals surface area contributed by atoms with Crippen molar-refractivity contribution in [3.63, 3.8) is 0 Å². The molecule has 3 aromatic rings. The normalized spacial score (nSPS) is 11.7. The topological polar surface area (TPSA) is 82.0 Å². The predicted octanol–water partition coefficient (Wildman–Crippen LogP) is 4.44. The van der Waals surface area contributed by atoms with E-state index in [1.807, 2.05) is 36.2 Å². The lowest BCUT2D eigenvalue weighted by Crippen LogP contribution is -2.23. The largest absolute Gasteiger partial charge is 0.482 e. The highest BCUT2D eigenvalue weighted by molar-refractivity contribution is 6.30. The van der Waals surface area contributed by atoms with E-state index in [1.165, 1.54) is 5.56 Å². The van der Waals surface area contributed by atoms with Gasteiger partial charge in [-0.2, -0.15) is 0 Å². The number of benzene rings is 3.